The van der Waals surface area contributed by atoms with Crippen LogP contribution < -0.4 is 4.43 Å². The standard InChI is InChI=1S/C23H32O2Si/c1-7-8-12-18-17-19-13-9-10-14-20(19)22(21(18)15-11-16-24)25-26(5,6)23(2,3)4/h9-11,13-17H,7-8,12H2,1-6H3/b15-11-. The largest absolute Gasteiger partial charge is 0.543 e. The van der Waals surface area contributed by atoms with Gasteiger partial charge in [0.05, 0.1) is 0 Å². The fraction of sp³-hybridized carbons (Fsp3) is 0.435. The number of hydrogen-bond donors (Lipinski definition) is 0. The van der Waals surface area contributed by atoms with Gasteiger partial charge in [-0.15, -0.1) is 0 Å². The van der Waals surface area contributed by atoms with Crippen LogP contribution >= 0.6 is 0 Å². The number of fused-ring (bicyclic) bond motifs is 1. The van der Waals surface area contributed by atoms with E-state index in [1.54, 1.807) is 6.08 Å². The SMILES string of the molecule is CCCCc1cc2ccccc2c(O[Si](C)(C)C(C)(C)C)c1/C=C\C=O. The molecule has 0 aliphatic carbocycles. The van der Waals surface area contributed by atoms with Crippen LogP contribution in [0.1, 0.15) is 51.7 Å². The molecule has 2 aromatic rings. The van der Waals surface area contributed by atoms with E-state index in [4.69, 9.17) is 4.43 Å². The molecule has 0 N–H and O–H groups in total. The second kappa shape index (κ2) is 8.21. The summed E-state index contributed by atoms with van der Waals surface area (Å²) in [7, 11) is -2.01. The first kappa shape index (κ1) is 20.4. The monoisotopic (exact) mass is 368 g/mol. The predicted molar refractivity (Wildman–Crippen MR) is 115 cm³/mol. The third-order valence-corrected chi connectivity index (χ3v) is 9.76. The average Bonchev–Trinajstić information content (AvgIpc) is 2.57. The van der Waals surface area contributed by atoms with E-state index in [2.05, 4.69) is 71.1 Å². The van der Waals surface area contributed by atoms with Crippen molar-refractivity contribution in [1.29, 1.82) is 0 Å². The van der Waals surface area contributed by atoms with E-state index in [9.17, 15) is 4.79 Å². The minimum Gasteiger partial charge on any atom is -0.543 e. The van der Waals surface area contributed by atoms with Crippen molar-refractivity contribution in [2.75, 3.05) is 0 Å². The maximum absolute atomic E-state index is 11.0. The zero-order chi connectivity index (χ0) is 19.4. The highest BCUT2D eigenvalue weighted by Gasteiger charge is 2.39. The number of benzene rings is 2. The summed E-state index contributed by atoms with van der Waals surface area (Å²) in [5.74, 6) is 0.943. The third-order valence-electron chi connectivity index (χ3n) is 5.43. The lowest BCUT2D eigenvalue weighted by Crippen LogP contribution is -2.44. The molecule has 2 aromatic carbocycles. The maximum Gasteiger partial charge on any atom is 0.250 e. The minimum atomic E-state index is -2.01. The highest BCUT2D eigenvalue weighted by atomic mass is 28.4. The number of carbonyl (C=O) groups is 1. The van der Waals surface area contributed by atoms with Gasteiger partial charge in [0.15, 0.2) is 0 Å². The van der Waals surface area contributed by atoms with Crippen LogP contribution in [-0.4, -0.2) is 14.6 Å². The minimum absolute atomic E-state index is 0.110. The van der Waals surface area contributed by atoms with Gasteiger partial charge in [0.25, 0.3) is 8.32 Å². The Morgan fingerprint density at radius 1 is 1.15 bits per heavy atom. The van der Waals surface area contributed by atoms with Gasteiger partial charge in [0.1, 0.15) is 12.0 Å². The Balaban J connectivity index is 2.73. The van der Waals surface area contributed by atoms with Crippen molar-refractivity contribution in [3.8, 4) is 5.75 Å². The first-order valence-corrected chi connectivity index (χ1v) is 12.5. The molecule has 0 saturated carbocycles. The number of allylic oxidation sites excluding steroid dienone is 1. The van der Waals surface area contributed by atoms with Gasteiger partial charge < -0.3 is 4.43 Å². The van der Waals surface area contributed by atoms with Crippen LogP contribution in [0.25, 0.3) is 16.8 Å². The molecule has 2 rings (SSSR count). The lowest BCUT2D eigenvalue weighted by Gasteiger charge is -2.37. The molecule has 0 spiro atoms. The van der Waals surface area contributed by atoms with Gasteiger partial charge >= 0.3 is 0 Å². The number of aldehydes is 1. The first-order chi connectivity index (χ1) is 12.2. The number of carbonyl (C=O) groups excluding carboxylic acids is 1. The van der Waals surface area contributed by atoms with E-state index in [-0.39, 0.29) is 5.04 Å². The van der Waals surface area contributed by atoms with Crippen LogP contribution in [0, 0.1) is 0 Å². The molecule has 3 heteroatoms. The molecular weight excluding hydrogens is 336 g/mol. The summed E-state index contributed by atoms with van der Waals surface area (Å²) in [5.41, 5.74) is 2.33. The third kappa shape index (κ3) is 4.45. The van der Waals surface area contributed by atoms with Crippen LogP contribution in [0.15, 0.2) is 36.4 Å². The van der Waals surface area contributed by atoms with Gasteiger partial charge in [-0.3, -0.25) is 4.79 Å². The average molecular weight is 369 g/mol. The van der Waals surface area contributed by atoms with E-state index in [1.807, 2.05) is 6.08 Å². The summed E-state index contributed by atoms with van der Waals surface area (Å²) in [4.78, 5) is 11.0. The highest BCUT2D eigenvalue weighted by Crippen LogP contribution is 2.42. The van der Waals surface area contributed by atoms with Gasteiger partial charge in [-0.2, -0.15) is 0 Å². The lowest BCUT2D eigenvalue weighted by molar-refractivity contribution is -0.104. The second-order valence-corrected chi connectivity index (χ2v) is 13.2. The normalized spacial score (nSPS) is 12.7. The Morgan fingerprint density at radius 3 is 2.46 bits per heavy atom. The molecule has 0 aromatic heterocycles. The van der Waals surface area contributed by atoms with E-state index < -0.39 is 8.32 Å². The molecule has 2 nitrogen and oxygen atoms in total. The molecule has 0 unspecified atom stereocenters. The first-order valence-electron chi connectivity index (χ1n) is 9.56. The number of aryl methyl sites for hydroxylation is 1. The van der Waals surface area contributed by atoms with Gasteiger partial charge in [-0.05, 0) is 54.1 Å². The summed E-state index contributed by atoms with van der Waals surface area (Å²) in [6, 6.07) is 10.7. The number of hydrogen-bond acceptors (Lipinski definition) is 2. The van der Waals surface area contributed by atoms with Crippen molar-refractivity contribution in [3.05, 3.63) is 47.5 Å². The highest BCUT2D eigenvalue weighted by molar-refractivity contribution is 6.74. The van der Waals surface area contributed by atoms with Crippen LogP contribution in [-0.2, 0) is 11.2 Å². The molecule has 0 saturated heterocycles. The topological polar surface area (TPSA) is 26.3 Å². The Bertz CT molecular complexity index is 798. The van der Waals surface area contributed by atoms with Gasteiger partial charge in [0, 0.05) is 10.9 Å². The molecule has 0 amide bonds. The van der Waals surface area contributed by atoms with Gasteiger partial charge in [0.2, 0.25) is 0 Å². The second-order valence-electron chi connectivity index (χ2n) is 8.46. The maximum atomic E-state index is 11.0. The molecule has 0 bridgehead atoms. The molecule has 0 aliphatic rings. The molecular formula is C23H32O2Si. The van der Waals surface area contributed by atoms with Crippen LogP contribution in [0.4, 0.5) is 0 Å². The van der Waals surface area contributed by atoms with Crippen LogP contribution in [0.2, 0.25) is 18.1 Å². The van der Waals surface area contributed by atoms with Crippen molar-refractivity contribution in [3.63, 3.8) is 0 Å². The quantitative estimate of drug-likeness (QED) is 0.306. The van der Waals surface area contributed by atoms with Crippen molar-refractivity contribution in [2.45, 2.75) is 65.1 Å². The Morgan fingerprint density at radius 2 is 1.85 bits per heavy atom. The zero-order valence-electron chi connectivity index (χ0n) is 17.1. The van der Waals surface area contributed by atoms with Crippen molar-refractivity contribution < 1.29 is 9.22 Å². The molecule has 0 aliphatic heterocycles. The molecule has 0 fully saturated rings. The number of unbranched alkanes of at least 4 members (excludes halogenated alkanes) is 1. The van der Waals surface area contributed by atoms with Crippen LogP contribution in [0.5, 0.6) is 5.75 Å². The smallest absolute Gasteiger partial charge is 0.250 e. The molecule has 140 valence electrons. The van der Waals surface area contributed by atoms with E-state index >= 15 is 0 Å². The summed E-state index contributed by atoms with van der Waals surface area (Å²) in [6.45, 7) is 13.5. The summed E-state index contributed by atoms with van der Waals surface area (Å²) < 4.78 is 6.80. The van der Waals surface area contributed by atoms with E-state index in [0.717, 1.165) is 42.2 Å². The van der Waals surface area contributed by atoms with Crippen molar-refractivity contribution >= 4 is 31.5 Å². The fourth-order valence-corrected chi connectivity index (χ4v) is 3.83. The number of rotatable bonds is 7. The zero-order valence-corrected chi connectivity index (χ0v) is 18.1. The van der Waals surface area contributed by atoms with Gasteiger partial charge in [-0.1, -0.05) is 64.4 Å². The molecule has 0 heterocycles. The van der Waals surface area contributed by atoms with Crippen LogP contribution in [0.3, 0.4) is 0 Å². The fourth-order valence-electron chi connectivity index (χ4n) is 2.80. The Hall–Kier alpha value is -1.87. The molecule has 0 atom stereocenters. The van der Waals surface area contributed by atoms with E-state index in [0.29, 0.717) is 0 Å². The van der Waals surface area contributed by atoms with Crippen molar-refractivity contribution in [2.24, 2.45) is 0 Å². The summed E-state index contributed by atoms with van der Waals surface area (Å²) in [5, 5.41) is 2.44. The Labute approximate surface area is 159 Å². The van der Waals surface area contributed by atoms with Crippen molar-refractivity contribution in [1.82, 2.24) is 0 Å². The molecule has 0 radical (unpaired) electrons. The van der Waals surface area contributed by atoms with Gasteiger partial charge in [-0.25, -0.2) is 0 Å². The summed E-state index contributed by atoms with van der Waals surface area (Å²) >= 11 is 0. The Kier molecular flexibility index (Phi) is 6.46. The summed E-state index contributed by atoms with van der Waals surface area (Å²) in [6.07, 6.45) is 7.61. The van der Waals surface area contributed by atoms with E-state index in [1.165, 1.54) is 10.9 Å². The molecule has 26 heavy (non-hydrogen) atoms. The lowest BCUT2D eigenvalue weighted by atomic mass is 9.95. The predicted octanol–water partition coefficient (Wildman–Crippen LogP) is 6.78.